The van der Waals surface area contributed by atoms with Gasteiger partial charge in [0.1, 0.15) is 0 Å². The molecule has 3 rings (SSSR count). The molecule has 0 aromatic heterocycles. The Labute approximate surface area is 120 Å². The van der Waals surface area contributed by atoms with E-state index in [4.69, 9.17) is 5.73 Å². The van der Waals surface area contributed by atoms with E-state index in [1.165, 1.54) is 25.7 Å². The number of sulfonamides is 1. The van der Waals surface area contributed by atoms with Gasteiger partial charge >= 0.3 is 0 Å². The molecule has 0 heterocycles. The highest BCUT2D eigenvalue weighted by Crippen LogP contribution is 2.60. The third kappa shape index (κ3) is 3.22. The maximum atomic E-state index is 12.1. The summed E-state index contributed by atoms with van der Waals surface area (Å²) < 4.78 is 27.1. The molecular weight excluding hydrogens is 272 g/mol. The van der Waals surface area contributed by atoms with E-state index in [2.05, 4.69) is 4.72 Å². The Balaban J connectivity index is 1.57. The van der Waals surface area contributed by atoms with Gasteiger partial charge in [0.25, 0.3) is 0 Å². The minimum Gasteiger partial charge on any atom is -0.326 e. The van der Waals surface area contributed by atoms with Crippen LogP contribution in [0.25, 0.3) is 0 Å². The normalized spacial score (nSPS) is 20.9. The average Bonchev–Trinajstić information content (AvgIpc) is 3.28. The fourth-order valence-corrected chi connectivity index (χ4v) is 4.12. The zero-order valence-corrected chi connectivity index (χ0v) is 12.5. The van der Waals surface area contributed by atoms with E-state index in [9.17, 15) is 8.42 Å². The number of rotatable bonds is 7. The second kappa shape index (κ2) is 5.13. The zero-order chi connectivity index (χ0) is 14.2. The fraction of sp³-hybridized carbons (Fsp3) is 0.600. The van der Waals surface area contributed by atoms with Gasteiger partial charge in [0.15, 0.2) is 0 Å². The summed E-state index contributed by atoms with van der Waals surface area (Å²) in [6.45, 7) is 1.11. The van der Waals surface area contributed by atoms with Gasteiger partial charge in [-0.2, -0.15) is 0 Å². The van der Waals surface area contributed by atoms with Crippen LogP contribution in [0.2, 0.25) is 0 Å². The minimum absolute atomic E-state index is 0.0542. The summed E-state index contributed by atoms with van der Waals surface area (Å²) in [7, 11) is -3.23. The van der Waals surface area contributed by atoms with Crippen molar-refractivity contribution in [1.82, 2.24) is 4.72 Å². The van der Waals surface area contributed by atoms with E-state index < -0.39 is 10.0 Å². The van der Waals surface area contributed by atoms with Crippen LogP contribution in [-0.4, -0.2) is 15.0 Å². The summed E-state index contributed by atoms with van der Waals surface area (Å²) >= 11 is 0. The maximum absolute atomic E-state index is 12.1. The zero-order valence-electron chi connectivity index (χ0n) is 11.6. The molecule has 20 heavy (non-hydrogen) atoms. The van der Waals surface area contributed by atoms with Crippen LogP contribution in [0.5, 0.6) is 0 Å². The molecule has 1 aromatic carbocycles. The van der Waals surface area contributed by atoms with E-state index in [1.54, 1.807) is 0 Å². The molecule has 2 aliphatic rings. The van der Waals surface area contributed by atoms with Crippen LogP contribution < -0.4 is 10.5 Å². The van der Waals surface area contributed by atoms with Crippen molar-refractivity contribution >= 4 is 10.0 Å². The van der Waals surface area contributed by atoms with E-state index >= 15 is 0 Å². The first-order valence-corrected chi connectivity index (χ1v) is 8.93. The lowest BCUT2D eigenvalue weighted by Gasteiger charge is -2.15. The Morgan fingerprint density at radius 3 is 2.25 bits per heavy atom. The molecule has 2 fully saturated rings. The molecule has 3 N–H and O–H groups in total. The second-order valence-electron chi connectivity index (χ2n) is 6.24. The van der Waals surface area contributed by atoms with Crippen molar-refractivity contribution in [3.05, 3.63) is 35.4 Å². The number of nitrogens with two attached hydrogens (primary N) is 1. The molecule has 0 amide bonds. The van der Waals surface area contributed by atoms with Crippen LogP contribution in [-0.2, 0) is 22.3 Å². The number of benzene rings is 1. The standard InChI is InChI=1S/C15H22N2O2S/c16-9-12-1-3-13(4-2-12)10-20(18,19)17-11-15(7-8-15)14-5-6-14/h1-4,14,17H,5-11,16H2. The summed E-state index contributed by atoms with van der Waals surface area (Å²) in [5.74, 6) is 0.826. The Morgan fingerprint density at radius 2 is 1.75 bits per heavy atom. The molecule has 2 saturated carbocycles. The molecule has 0 radical (unpaired) electrons. The molecule has 0 unspecified atom stereocenters. The first-order valence-electron chi connectivity index (χ1n) is 7.28. The molecule has 0 bridgehead atoms. The molecule has 5 heteroatoms. The quantitative estimate of drug-likeness (QED) is 0.805. The van der Waals surface area contributed by atoms with Crippen molar-refractivity contribution in [3.8, 4) is 0 Å². The molecule has 0 aliphatic heterocycles. The van der Waals surface area contributed by atoms with Crippen LogP contribution >= 0.6 is 0 Å². The topological polar surface area (TPSA) is 72.2 Å². The van der Waals surface area contributed by atoms with Crippen LogP contribution in [0, 0.1) is 11.3 Å². The predicted octanol–water partition coefficient (Wildman–Crippen LogP) is 1.75. The smallest absolute Gasteiger partial charge is 0.215 e. The van der Waals surface area contributed by atoms with Gasteiger partial charge in [-0.1, -0.05) is 24.3 Å². The first-order chi connectivity index (χ1) is 9.53. The molecular formula is C15H22N2O2S. The Kier molecular flexibility index (Phi) is 3.60. The largest absolute Gasteiger partial charge is 0.326 e. The molecule has 2 aliphatic carbocycles. The highest BCUT2D eigenvalue weighted by molar-refractivity contribution is 7.88. The van der Waals surface area contributed by atoms with Gasteiger partial charge in [-0.15, -0.1) is 0 Å². The minimum atomic E-state index is -3.23. The van der Waals surface area contributed by atoms with Crippen molar-refractivity contribution in [2.75, 3.05) is 6.54 Å². The third-order valence-electron chi connectivity index (χ3n) is 4.60. The molecule has 0 atom stereocenters. The molecule has 1 aromatic rings. The van der Waals surface area contributed by atoms with Crippen molar-refractivity contribution in [3.63, 3.8) is 0 Å². The summed E-state index contributed by atoms with van der Waals surface area (Å²) in [6, 6.07) is 7.46. The third-order valence-corrected chi connectivity index (χ3v) is 5.89. The fourth-order valence-electron chi connectivity index (χ4n) is 2.88. The van der Waals surface area contributed by atoms with Gasteiger partial charge in [-0.05, 0) is 48.1 Å². The Hall–Kier alpha value is -0.910. The maximum Gasteiger partial charge on any atom is 0.215 e. The van der Waals surface area contributed by atoms with Crippen LogP contribution in [0.4, 0.5) is 0 Å². The van der Waals surface area contributed by atoms with Crippen LogP contribution in [0.15, 0.2) is 24.3 Å². The van der Waals surface area contributed by atoms with Crippen LogP contribution in [0.3, 0.4) is 0 Å². The lowest BCUT2D eigenvalue weighted by atomic mass is 10.0. The molecule has 0 saturated heterocycles. The van der Waals surface area contributed by atoms with Gasteiger partial charge in [0.2, 0.25) is 10.0 Å². The average molecular weight is 294 g/mol. The van der Waals surface area contributed by atoms with E-state index in [1.807, 2.05) is 24.3 Å². The number of hydrogen-bond donors (Lipinski definition) is 2. The summed E-state index contributed by atoms with van der Waals surface area (Å²) in [4.78, 5) is 0. The Bertz CT molecular complexity index is 572. The van der Waals surface area contributed by atoms with Gasteiger partial charge in [-0.3, -0.25) is 0 Å². The SMILES string of the molecule is NCc1ccc(CS(=O)(=O)NCC2(C3CC3)CC2)cc1. The molecule has 110 valence electrons. The monoisotopic (exact) mass is 294 g/mol. The summed E-state index contributed by atoms with van der Waals surface area (Å²) in [6.07, 6.45) is 4.93. The molecule has 0 spiro atoms. The lowest BCUT2D eigenvalue weighted by Crippen LogP contribution is -2.32. The van der Waals surface area contributed by atoms with E-state index in [0.29, 0.717) is 18.5 Å². The highest BCUT2D eigenvalue weighted by Gasteiger charge is 2.53. The summed E-state index contributed by atoms with van der Waals surface area (Å²) in [5, 5.41) is 0. The molecule has 4 nitrogen and oxygen atoms in total. The van der Waals surface area contributed by atoms with Crippen molar-refractivity contribution < 1.29 is 8.42 Å². The number of nitrogens with one attached hydrogen (secondary N) is 1. The van der Waals surface area contributed by atoms with E-state index in [0.717, 1.165) is 17.0 Å². The predicted molar refractivity (Wildman–Crippen MR) is 79.4 cm³/mol. The Morgan fingerprint density at radius 1 is 1.15 bits per heavy atom. The van der Waals surface area contributed by atoms with E-state index in [-0.39, 0.29) is 5.75 Å². The second-order valence-corrected chi connectivity index (χ2v) is 8.04. The van der Waals surface area contributed by atoms with Crippen molar-refractivity contribution in [2.24, 2.45) is 17.1 Å². The van der Waals surface area contributed by atoms with Gasteiger partial charge in [-0.25, -0.2) is 13.1 Å². The van der Waals surface area contributed by atoms with Gasteiger partial charge in [0.05, 0.1) is 5.75 Å². The van der Waals surface area contributed by atoms with Crippen molar-refractivity contribution in [1.29, 1.82) is 0 Å². The lowest BCUT2D eigenvalue weighted by molar-refractivity contribution is 0.431. The van der Waals surface area contributed by atoms with Gasteiger partial charge < -0.3 is 5.73 Å². The highest BCUT2D eigenvalue weighted by atomic mass is 32.2. The van der Waals surface area contributed by atoms with Crippen molar-refractivity contribution in [2.45, 2.75) is 38.0 Å². The first kappa shape index (κ1) is 14.0. The number of hydrogen-bond acceptors (Lipinski definition) is 3. The summed E-state index contributed by atoms with van der Waals surface area (Å²) in [5.41, 5.74) is 7.66. The van der Waals surface area contributed by atoms with Crippen LogP contribution in [0.1, 0.15) is 36.8 Å². The van der Waals surface area contributed by atoms with Gasteiger partial charge in [0, 0.05) is 13.1 Å².